The number of hydrogen-bond donors (Lipinski definition) is 8. The van der Waals surface area contributed by atoms with Gasteiger partial charge >= 0.3 is 11.9 Å². The van der Waals surface area contributed by atoms with E-state index in [9.17, 15) is 24.0 Å². The molecule has 34 heteroatoms. The largest absolute Gasteiger partial charge is 0.489 e. The molecule has 10 aromatic rings. The number of alkyl halides is 1. The van der Waals surface area contributed by atoms with Crippen molar-refractivity contribution in [3.8, 4) is 68.7 Å². The maximum absolute atomic E-state index is 12.3. The van der Waals surface area contributed by atoms with Crippen LogP contribution in [0, 0.1) is 31.1 Å². The molecule has 0 atom stereocenters. The molecule has 11 N–H and O–H groups in total. The molecular formula is C87H105BCl5IN12O14U. The Hall–Kier alpha value is -9.41. The first-order valence-electron chi connectivity index (χ1n) is 38.2. The third-order valence-corrected chi connectivity index (χ3v) is 17.5. The van der Waals surface area contributed by atoms with Gasteiger partial charge in [-0.15, -0.1) is 12.4 Å². The van der Waals surface area contributed by atoms with Crippen molar-refractivity contribution >= 4 is 131 Å². The first-order chi connectivity index (χ1) is 56.7. The first-order valence-corrected chi connectivity index (χ1v) is 39.9. The minimum Gasteiger partial charge on any atom is -0.489 e. The van der Waals surface area contributed by atoms with Gasteiger partial charge in [-0.3, -0.25) is 14.4 Å². The molecule has 0 spiro atoms. The number of carbonyl (C=O) groups is 5. The minimum absolute atomic E-state index is 0. The van der Waals surface area contributed by atoms with Gasteiger partial charge in [-0.05, 0) is 261 Å². The molecule has 2 aromatic heterocycles. The Bertz CT molecular complexity index is 5120. The average Bonchev–Trinajstić information content (AvgIpc) is 1.70. The van der Waals surface area contributed by atoms with Crippen LogP contribution in [-0.2, 0) is 41.4 Å². The van der Waals surface area contributed by atoms with Crippen molar-refractivity contribution in [3.63, 3.8) is 0 Å². The van der Waals surface area contributed by atoms with Crippen LogP contribution < -0.4 is 52.1 Å². The number of aromatic carboxylic acids is 1. The average molecular weight is 2100 g/mol. The summed E-state index contributed by atoms with van der Waals surface area (Å²) in [4.78, 5) is 71.0. The van der Waals surface area contributed by atoms with Crippen LogP contribution in [0.4, 0.5) is 0 Å². The third kappa shape index (κ3) is 34.4. The predicted octanol–water partition coefficient (Wildman–Crippen LogP) is 19.0. The number of amidine groups is 2. The molecule has 3 amide bonds. The number of halogens is 6. The number of carbonyl (C=O) groups excluding carboxylic acids is 4. The van der Waals surface area contributed by atoms with Crippen molar-refractivity contribution in [2.45, 2.75) is 178 Å². The first kappa shape index (κ1) is 104. The summed E-state index contributed by atoms with van der Waals surface area (Å²) in [5.74, 6) is 2.21. The molecule has 2 radical (unpaired) electrons. The Morgan fingerprint density at radius 3 is 1.02 bits per heavy atom. The Kier molecular flexibility index (Phi) is 42.6. The van der Waals surface area contributed by atoms with E-state index in [2.05, 4.69) is 54.9 Å². The zero-order chi connectivity index (χ0) is 91.0. The second-order valence-electron chi connectivity index (χ2n) is 29.7. The predicted molar refractivity (Wildman–Crippen MR) is 487 cm³/mol. The molecule has 10 rings (SSSR count). The van der Waals surface area contributed by atoms with Gasteiger partial charge in [-0.25, -0.2) is 9.59 Å². The van der Waals surface area contributed by atoms with Crippen LogP contribution >= 0.6 is 81.4 Å². The smallest absolute Gasteiger partial charge is 0.365 e. The molecule has 121 heavy (non-hydrogen) atoms. The summed E-state index contributed by atoms with van der Waals surface area (Å²) in [6, 6.07) is 49.3. The van der Waals surface area contributed by atoms with E-state index >= 15 is 0 Å². The van der Waals surface area contributed by atoms with Crippen molar-refractivity contribution in [1.82, 2.24) is 36.2 Å². The zero-order valence-electron chi connectivity index (χ0n) is 72.8. The van der Waals surface area contributed by atoms with Gasteiger partial charge in [0.1, 0.15) is 23.0 Å². The van der Waals surface area contributed by atoms with Crippen molar-refractivity contribution in [1.29, 1.82) is 1.34 Å². The molecule has 0 unspecified atom stereocenters. The molecule has 2 heterocycles. The standard InChI is InChI=1S/C22H26ClN3O4.C22H24ClN3O3.C20H22ClN3O2.C12H15NO3.C10H13ClN2O2.CH3I.BH.ClH.U/c1-13(2)29-19-11-8-16(12-18(19)23)20(24)26-30-21(28)15-6-9-17(10-7-15)22(4,5)25-14(3)27;1-13(2)28-19-11-8-16(12-18(19)23)20-24-21(29-26-20)15-6-9-17(10-7-15)22(4,5)25-14(3)27;1-12(2)25-17-10-7-14(11-16(17)21)18-23-19(26-24-18)13-5-8-15(9-6-13)20(3,4)22;1-8(14)13-12(2,3)10-6-4-9(5-7-10)11(15)16;1-6(2)15-9-4-3-7(5-8(9)11)10(12)13-14;1-2;;;/h6-13H,1-5H3,(H2,24,26)(H,25,27);6-13H,1-5H3,(H,25,27);5-12H,22H2,1-4H3;4-7H,1-3H3,(H,13,14)(H,15,16);3-6,14H,1-2H3,(H2,12,13);1H3;2*1H;/i;;;;;2*1D;;. The van der Waals surface area contributed by atoms with Crippen molar-refractivity contribution in [2.75, 3.05) is 4.91 Å². The molecule has 0 bridgehead atoms. The summed E-state index contributed by atoms with van der Waals surface area (Å²) in [5, 5.41) is 42.3. The summed E-state index contributed by atoms with van der Waals surface area (Å²) in [6.45, 7) is 35.1. The number of amides is 3. The molecular weight excluding hydrogens is 1990 g/mol. The van der Waals surface area contributed by atoms with Crippen molar-refractivity contribution < 1.29 is 99.6 Å². The van der Waals surface area contributed by atoms with Gasteiger partial charge in [0, 0.05) is 101 Å². The summed E-state index contributed by atoms with van der Waals surface area (Å²) in [7, 11) is 3.75. The van der Waals surface area contributed by atoms with Crippen LogP contribution in [-0.4, -0.2) is 111 Å². The van der Waals surface area contributed by atoms with Crippen LogP contribution in [0.15, 0.2) is 189 Å². The van der Waals surface area contributed by atoms with E-state index in [1.165, 1.54) is 32.9 Å². The fourth-order valence-corrected chi connectivity index (χ4v) is 11.7. The number of nitrogens with two attached hydrogens (primary N) is 3. The zero-order valence-corrected chi connectivity index (χ0v) is 80.9. The number of oxime groups is 2. The summed E-state index contributed by atoms with van der Waals surface area (Å²) in [5.41, 5.74) is 23.9. The molecule has 26 nitrogen and oxygen atoms in total. The second kappa shape index (κ2) is 49.6. The molecule has 0 saturated carbocycles. The van der Waals surface area contributed by atoms with Crippen LogP contribution in [0.1, 0.15) is 187 Å². The SMILES string of the molecule is CC(=O)NC(C)(C)c1ccc(-c2nc(-c3ccc(OC(C)C)c(Cl)c3)no2)cc1.CC(=O)NC(C)(C)c1ccc(C(=O)O)cc1.CC(=O)NC(C)(C)c1ccc(C(=O)O/N=C(\N)c2ccc(OC(C)C)c(Cl)c2)cc1.CC(C)Oc1ccc(-c2noc(-c3ccc(C(C)(C)N)cc3)n2)cc1Cl.CC(C)Oc1ccc(/C(N)=N/O)cc1Cl.Cl.[2H]CI.[2H][B].[U]. The molecule has 0 saturated heterocycles. The number of hydrogen-bond acceptors (Lipinski definition) is 20. The van der Waals surface area contributed by atoms with E-state index in [1.807, 2.05) is 200 Å². The topological polar surface area (TPSA) is 389 Å². The van der Waals surface area contributed by atoms with Gasteiger partial charge in [0.15, 0.2) is 11.7 Å². The van der Waals surface area contributed by atoms with E-state index in [4.69, 9.17) is 109 Å². The molecule has 0 aliphatic heterocycles. The summed E-state index contributed by atoms with van der Waals surface area (Å²) >= 11 is 26.7. The number of nitrogens with zero attached hydrogens (tertiary/aromatic N) is 6. The molecule has 0 fully saturated rings. The Labute approximate surface area is 775 Å². The molecule has 0 aliphatic rings. The fraction of sp³-hybridized carbons (Fsp3) is 0.322. The summed E-state index contributed by atoms with van der Waals surface area (Å²) in [6.07, 6.45) is 0.123. The van der Waals surface area contributed by atoms with Gasteiger partial charge in [0.25, 0.3) is 11.8 Å². The maximum atomic E-state index is 12.3. The third-order valence-electron chi connectivity index (χ3n) is 16.4. The van der Waals surface area contributed by atoms with Gasteiger partial charge in [0.05, 0.1) is 72.3 Å². The molecule has 8 aromatic carbocycles. The molecule has 646 valence electrons. The monoisotopic (exact) mass is 2090 g/mol. The van der Waals surface area contributed by atoms with E-state index in [-0.39, 0.29) is 103 Å². The van der Waals surface area contributed by atoms with E-state index in [0.717, 1.165) is 44.5 Å². The van der Waals surface area contributed by atoms with Crippen molar-refractivity contribution in [3.05, 3.63) is 234 Å². The van der Waals surface area contributed by atoms with Gasteiger partial charge in [0.2, 0.25) is 29.4 Å². The van der Waals surface area contributed by atoms with E-state index in [0.29, 0.717) is 88.1 Å². The Morgan fingerprint density at radius 2 is 0.744 bits per heavy atom. The second-order valence-corrected chi connectivity index (χ2v) is 31.3. The number of carboxylic acid groups (broad SMARTS) is 1. The van der Waals surface area contributed by atoms with E-state index < -0.39 is 34.1 Å². The number of rotatable bonds is 24. The fourth-order valence-electron chi connectivity index (χ4n) is 10.8. The van der Waals surface area contributed by atoms with Crippen LogP contribution in [0.2, 0.25) is 20.1 Å². The van der Waals surface area contributed by atoms with Crippen LogP contribution in [0.25, 0.3) is 45.7 Å². The van der Waals surface area contributed by atoms with Crippen LogP contribution in [0.5, 0.6) is 23.0 Å². The minimum atomic E-state index is -0.955. The van der Waals surface area contributed by atoms with Gasteiger partial charge < -0.3 is 76.3 Å². The maximum Gasteiger partial charge on any atom is 0.365 e. The Balaban J connectivity index is 0.000000523. The van der Waals surface area contributed by atoms with Gasteiger partial charge in [-0.2, -0.15) is 9.97 Å². The number of benzene rings is 8. The number of carboxylic acids is 1. The quantitative estimate of drug-likeness (QED) is 0.00407. The number of nitrogens with one attached hydrogen (secondary N) is 3. The van der Waals surface area contributed by atoms with Crippen LogP contribution in [0.3, 0.4) is 0 Å². The van der Waals surface area contributed by atoms with Gasteiger partial charge in [-0.1, -0.05) is 138 Å². The van der Waals surface area contributed by atoms with E-state index in [1.54, 1.807) is 91.0 Å². The molecule has 0 aliphatic carbocycles. The number of ether oxygens (including phenoxy) is 4. The number of aromatic nitrogens is 4. The Morgan fingerprint density at radius 1 is 0.471 bits per heavy atom. The summed E-state index contributed by atoms with van der Waals surface area (Å²) < 4.78 is 44.6. The normalized spacial score (nSPS) is 11.4. The van der Waals surface area contributed by atoms with Crippen molar-refractivity contribution in [2.24, 2.45) is 27.5 Å².